The number of para-hydroxylation sites is 1. The van der Waals surface area contributed by atoms with E-state index in [0.717, 1.165) is 42.7 Å². The predicted molar refractivity (Wildman–Crippen MR) is 82.5 cm³/mol. The van der Waals surface area contributed by atoms with Gasteiger partial charge in [-0.25, -0.2) is 4.98 Å². The van der Waals surface area contributed by atoms with Crippen LogP contribution in [0.4, 0.5) is 0 Å². The van der Waals surface area contributed by atoms with Crippen molar-refractivity contribution in [3.8, 4) is 5.75 Å². The fourth-order valence-corrected chi connectivity index (χ4v) is 3.27. The molecule has 0 aliphatic carbocycles. The first-order chi connectivity index (χ1) is 9.78. The highest BCUT2D eigenvalue weighted by Gasteiger charge is 2.22. The summed E-state index contributed by atoms with van der Waals surface area (Å²) in [4.78, 5) is 7.29. The lowest BCUT2D eigenvalue weighted by atomic mass is 9.96. The SMILES string of the molecule is CCN1CCc2nc3c(OC)cccc3c(CCl)c2C1. The average molecular weight is 291 g/mol. The summed E-state index contributed by atoms with van der Waals surface area (Å²) in [6.07, 6.45) is 0.987. The Balaban J connectivity index is 2.25. The molecule has 1 aliphatic heterocycles. The Kier molecular flexibility index (Phi) is 3.81. The van der Waals surface area contributed by atoms with Crippen LogP contribution in [-0.4, -0.2) is 30.1 Å². The Morgan fingerprint density at radius 2 is 2.25 bits per heavy atom. The van der Waals surface area contributed by atoms with Crippen LogP contribution in [0.15, 0.2) is 18.2 Å². The molecule has 106 valence electrons. The largest absolute Gasteiger partial charge is 0.494 e. The Morgan fingerprint density at radius 3 is 2.95 bits per heavy atom. The number of halogens is 1. The number of methoxy groups -OCH3 is 1. The van der Waals surface area contributed by atoms with Crippen molar-refractivity contribution in [2.24, 2.45) is 0 Å². The molecule has 0 saturated carbocycles. The molecule has 1 aromatic heterocycles. The van der Waals surface area contributed by atoms with Crippen molar-refractivity contribution in [3.63, 3.8) is 0 Å². The summed E-state index contributed by atoms with van der Waals surface area (Å²) in [5.41, 5.74) is 4.65. The number of aromatic nitrogens is 1. The molecule has 0 atom stereocenters. The average Bonchev–Trinajstić information content (AvgIpc) is 2.51. The quantitative estimate of drug-likeness (QED) is 0.811. The Hall–Kier alpha value is -1.32. The van der Waals surface area contributed by atoms with Gasteiger partial charge in [0.25, 0.3) is 0 Å². The molecule has 0 unspecified atom stereocenters. The molecule has 0 spiro atoms. The third-order valence-electron chi connectivity index (χ3n) is 4.13. The topological polar surface area (TPSA) is 25.4 Å². The Labute approximate surface area is 124 Å². The third-order valence-corrected chi connectivity index (χ3v) is 4.40. The van der Waals surface area contributed by atoms with Crippen LogP contribution in [0.5, 0.6) is 5.75 Å². The zero-order chi connectivity index (χ0) is 14.1. The predicted octanol–water partition coefficient (Wildman–Crippen LogP) is 3.36. The first kappa shape index (κ1) is 13.7. The van der Waals surface area contributed by atoms with E-state index in [1.165, 1.54) is 16.8 Å². The lowest BCUT2D eigenvalue weighted by Crippen LogP contribution is -2.31. The monoisotopic (exact) mass is 290 g/mol. The van der Waals surface area contributed by atoms with Gasteiger partial charge in [0.2, 0.25) is 0 Å². The van der Waals surface area contributed by atoms with Gasteiger partial charge in [0.1, 0.15) is 11.3 Å². The molecular weight excluding hydrogens is 272 g/mol. The van der Waals surface area contributed by atoms with Crippen LogP contribution in [0.1, 0.15) is 23.7 Å². The maximum absolute atomic E-state index is 6.24. The van der Waals surface area contributed by atoms with Gasteiger partial charge in [0.15, 0.2) is 0 Å². The Bertz CT molecular complexity index is 642. The molecule has 1 aliphatic rings. The molecule has 0 radical (unpaired) electrons. The zero-order valence-corrected chi connectivity index (χ0v) is 12.7. The summed E-state index contributed by atoms with van der Waals surface area (Å²) in [6, 6.07) is 6.06. The van der Waals surface area contributed by atoms with Crippen molar-refractivity contribution >= 4 is 22.5 Å². The van der Waals surface area contributed by atoms with E-state index in [-0.39, 0.29) is 0 Å². The molecule has 0 N–H and O–H groups in total. The summed E-state index contributed by atoms with van der Waals surface area (Å²) in [6.45, 7) is 5.28. The lowest BCUT2D eigenvalue weighted by molar-refractivity contribution is 0.265. The maximum atomic E-state index is 6.24. The molecule has 0 fully saturated rings. The van der Waals surface area contributed by atoms with Gasteiger partial charge < -0.3 is 4.74 Å². The highest BCUT2D eigenvalue weighted by atomic mass is 35.5. The van der Waals surface area contributed by atoms with Crippen LogP contribution in [0.25, 0.3) is 10.9 Å². The number of likely N-dealkylation sites (N-methyl/N-ethyl adjacent to an activating group) is 1. The smallest absolute Gasteiger partial charge is 0.145 e. The number of rotatable bonds is 3. The first-order valence-corrected chi connectivity index (χ1v) is 7.57. The van der Waals surface area contributed by atoms with E-state index in [0.29, 0.717) is 5.88 Å². The van der Waals surface area contributed by atoms with E-state index in [2.05, 4.69) is 17.9 Å². The van der Waals surface area contributed by atoms with Crippen molar-refractivity contribution < 1.29 is 4.74 Å². The van der Waals surface area contributed by atoms with Crippen LogP contribution in [0.2, 0.25) is 0 Å². The molecule has 0 amide bonds. The highest BCUT2D eigenvalue weighted by molar-refractivity contribution is 6.18. The Morgan fingerprint density at radius 1 is 1.40 bits per heavy atom. The standard InChI is InChI=1S/C16H19ClN2O/c1-3-19-8-7-14-13(10-19)12(9-17)11-5-4-6-15(20-2)16(11)18-14/h4-6H,3,7-10H2,1-2H3. The number of hydrogen-bond acceptors (Lipinski definition) is 3. The maximum Gasteiger partial charge on any atom is 0.145 e. The van der Waals surface area contributed by atoms with Crippen LogP contribution >= 0.6 is 11.6 Å². The number of hydrogen-bond donors (Lipinski definition) is 0. The minimum atomic E-state index is 0.520. The van der Waals surface area contributed by atoms with Gasteiger partial charge in [0, 0.05) is 36.5 Å². The fourth-order valence-electron chi connectivity index (χ4n) is 2.97. The summed E-state index contributed by atoms with van der Waals surface area (Å²) in [5, 5.41) is 1.12. The summed E-state index contributed by atoms with van der Waals surface area (Å²) in [7, 11) is 1.69. The van der Waals surface area contributed by atoms with E-state index in [1.807, 2.05) is 12.1 Å². The number of pyridine rings is 1. The van der Waals surface area contributed by atoms with Gasteiger partial charge in [-0.3, -0.25) is 4.90 Å². The van der Waals surface area contributed by atoms with Crippen LogP contribution in [-0.2, 0) is 18.8 Å². The number of alkyl halides is 1. The molecule has 3 rings (SSSR count). The summed E-state index contributed by atoms with van der Waals surface area (Å²) >= 11 is 6.24. The first-order valence-electron chi connectivity index (χ1n) is 7.04. The molecule has 20 heavy (non-hydrogen) atoms. The zero-order valence-electron chi connectivity index (χ0n) is 11.9. The van der Waals surface area contributed by atoms with E-state index in [9.17, 15) is 0 Å². The van der Waals surface area contributed by atoms with Crippen LogP contribution < -0.4 is 4.74 Å². The van der Waals surface area contributed by atoms with Gasteiger partial charge in [-0.15, -0.1) is 11.6 Å². The number of benzene rings is 1. The molecule has 2 heterocycles. The number of ether oxygens (including phenoxy) is 1. The second kappa shape index (κ2) is 5.58. The van der Waals surface area contributed by atoms with Crippen molar-refractivity contribution in [2.45, 2.75) is 25.8 Å². The third kappa shape index (κ3) is 2.15. The molecule has 0 saturated heterocycles. The van der Waals surface area contributed by atoms with E-state index in [4.69, 9.17) is 21.3 Å². The minimum Gasteiger partial charge on any atom is -0.494 e. The normalized spacial score (nSPS) is 15.3. The molecule has 3 nitrogen and oxygen atoms in total. The van der Waals surface area contributed by atoms with Crippen LogP contribution in [0, 0.1) is 0 Å². The van der Waals surface area contributed by atoms with Crippen molar-refractivity contribution in [1.82, 2.24) is 9.88 Å². The molecule has 0 bridgehead atoms. The fraction of sp³-hybridized carbons (Fsp3) is 0.438. The van der Waals surface area contributed by atoms with Gasteiger partial charge in [-0.05, 0) is 23.7 Å². The summed E-state index contributed by atoms with van der Waals surface area (Å²) in [5.74, 6) is 1.35. The molecule has 1 aromatic carbocycles. The van der Waals surface area contributed by atoms with E-state index >= 15 is 0 Å². The highest BCUT2D eigenvalue weighted by Crippen LogP contribution is 2.33. The minimum absolute atomic E-state index is 0.520. The van der Waals surface area contributed by atoms with E-state index < -0.39 is 0 Å². The van der Waals surface area contributed by atoms with Crippen molar-refractivity contribution in [1.29, 1.82) is 0 Å². The number of fused-ring (bicyclic) bond motifs is 2. The number of nitrogens with zero attached hydrogens (tertiary/aromatic N) is 2. The van der Waals surface area contributed by atoms with E-state index in [1.54, 1.807) is 7.11 Å². The van der Waals surface area contributed by atoms with Gasteiger partial charge >= 0.3 is 0 Å². The molecule has 4 heteroatoms. The van der Waals surface area contributed by atoms with Crippen LogP contribution in [0.3, 0.4) is 0 Å². The van der Waals surface area contributed by atoms with Gasteiger partial charge in [0.05, 0.1) is 7.11 Å². The van der Waals surface area contributed by atoms with Crippen molar-refractivity contribution in [3.05, 3.63) is 35.0 Å². The second-order valence-corrected chi connectivity index (χ2v) is 5.39. The van der Waals surface area contributed by atoms with Crippen molar-refractivity contribution in [2.75, 3.05) is 20.2 Å². The second-order valence-electron chi connectivity index (χ2n) is 5.12. The van der Waals surface area contributed by atoms with Gasteiger partial charge in [-0.2, -0.15) is 0 Å². The lowest BCUT2D eigenvalue weighted by Gasteiger charge is -2.29. The summed E-state index contributed by atoms with van der Waals surface area (Å²) < 4.78 is 5.44. The van der Waals surface area contributed by atoms with Gasteiger partial charge in [-0.1, -0.05) is 19.1 Å². The molecule has 2 aromatic rings. The molecular formula is C16H19ClN2O.